The number of amides is 1. The number of aromatic nitrogens is 1. The molecule has 20 heavy (non-hydrogen) atoms. The van der Waals surface area contributed by atoms with E-state index < -0.39 is 11.7 Å². The number of benzene rings is 1. The zero-order valence-electron chi connectivity index (χ0n) is 10.4. The molecular formula is C15H9N3O2. The molecule has 1 aromatic heterocycles. The molecule has 3 rings (SSSR count). The molecule has 0 saturated carbocycles. The Bertz CT molecular complexity index is 762. The summed E-state index contributed by atoms with van der Waals surface area (Å²) in [6.07, 6.45) is 1.52. The van der Waals surface area contributed by atoms with Crippen LogP contribution in [0.5, 0.6) is 0 Å². The van der Waals surface area contributed by atoms with Gasteiger partial charge in [-0.25, -0.2) is 4.98 Å². The average molecular weight is 263 g/mol. The third-order valence-corrected chi connectivity index (χ3v) is 3.20. The van der Waals surface area contributed by atoms with Crippen LogP contribution in [0.25, 0.3) is 0 Å². The highest BCUT2D eigenvalue weighted by Crippen LogP contribution is 2.30. The summed E-state index contributed by atoms with van der Waals surface area (Å²) >= 11 is 0. The second kappa shape index (κ2) is 4.59. The Kier molecular flexibility index (Phi) is 2.77. The molecule has 0 bridgehead atoms. The number of hydrogen-bond acceptors (Lipinski definition) is 4. The van der Waals surface area contributed by atoms with Gasteiger partial charge in [0.25, 0.3) is 11.7 Å². The number of nitriles is 1. The fourth-order valence-electron chi connectivity index (χ4n) is 2.24. The zero-order chi connectivity index (χ0) is 14.1. The van der Waals surface area contributed by atoms with Gasteiger partial charge in [-0.15, -0.1) is 0 Å². The molecule has 0 spiro atoms. The number of fused-ring (bicyclic) bond motifs is 1. The Morgan fingerprint density at radius 1 is 1.15 bits per heavy atom. The molecule has 5 heteroatoms. The number of carbonyl (C=O) groups excluding carboxylic acids is 2. The molecule has 96 valence electrons. The van der Waals surface area contributed by atoms with E-state index in [4.69, 9.17) is 5.26 Å². The van der Waals surface area contributed by atoms with Crippen molar-refractivity contribution in [3.63, 3.8) is 0 Å². The number of carbonyl (C=O) groups is 2. The molecule has 0 atom stereocenters. The summed E-state index contributed by atoms with van der Waals surface area (Å²) in [5.41, 5.74) is 1.86. The van der Waals surface area contributed by atoms with E-state index in [0.717, 1.165) is 0 Å². The van der Waals surface area contributed by atoms with E-state index in [-0.39, 0.29) is 12.2 Å². The second-order valence-electron chi connectivity index (χ2n) is 4.36. The van der Waals surface area contributed by atoms with Crippen molar-refractivity contribution >= 4 is 17.4 Å². The topological polar surface area (TPSA) is 74.1 Å². The average Bonchev–Trinajstić information content (AvgIpc) is 2.73. The molecule has 0 unspecified atom stereocenters. The van der Waals surface area contributed by atoms with Gasteiger partial charge in [0.15, 0.2) is 0 Å². The minimum atomic E-state index is -0.570. The van der Waals surface area contributed by atoms with Gasteiger partial charge < -0.3 is 4.90 Å². The molecule has 2 aromatic rings. The first-order valence-electron chi connectivity index (χ1n) is 6.01. The molecule has 5 nitrogen and oxygen atoms in total. The molecule has 0 N–H and O–H groups in total. The van der Waals surface area contributed by atoms with Crippen LogP contribution >= 0.6 is 0 Å². The van der Waals surface area contributed by atoms with E-state index in [1.807, 2.05) is 6.07 Å². The van der Waals surface area contributed by atoms with Gasteiger partial charge >= 0.3 is 0 Å². The molecular weight excluding hydrogens is 254 g/mol. The van der Waals surface area contributed by atoms with Gasteiger partial charge in [-0.1, -0.05) is 18.2 Å². The van der Waals surface area contributed by atoms with Crippen LogP contribution in [0.1, 0.15) is 21.6 Å². The van der Waals surface area contributed by atoms with Crippen molar-refractivity contribution in [3.8, 4) is 6.07 Å². The van der Waals surface area contributed by atoms with Crippen molar-refractivity contribution in [1.29, 1.82) is 5.26 Å². The van der Waals surface area contributed by atoms with Crippen LogP contribution in [0.2, 0.25) is 0 Å². The van der Waals surface area contributed by atoms with Gasteiger partial charge in [0.1, 0.15) is 11.8 Å². The van der Waals surface area contributed by atoms with E-state index in [1.54, 1.807) is 36.4 Å². The molecule has 1 aliphatic heterocycles. The van der Waals surface area contributed by atoms with Crippen LogP contribution in [-0.4, -0.2) is 16.7 Å². The summed E-state index contributed by atoms with van der Waals surface area (Å²) in [6, 6.07) is 12.3. The SMILES string of the molecule is N#Cc1ncccc1CN1C(=O)C(=O)c2ccccc21. The summed E-state index contributed by atoms with van der Waals surface area (Å²) in [7, 11) is 0. The van der Waals surface area contributed by atoms with Crippen LogP contribution in [-0.2, 0) is 11.3 Å². The largest absolute Gasteiger partial charge is 0.300 e. The number of anilines is 1. The van der Waals surface area contributed by atoms with Gasteiger partial charge in [0, 0.05) is 11.8 Å². The lowest BCUT2D eigenvalue weighted by atomic mass is 10.1. The van der Waals surface area contributed by atoms with Crippen molar-refractivity contribution in [3.05, 3.63) is 59.4 Å². The molecule has 0 aliphatic carbocycles. The number of ketones is 1. The smallest absolute Gasteiger partial charge is 0.299 e. The fourth-order valence-corrected chi connectivity index (χ4v) is 2.24. The number of hydrogen-bond donors (Lipinski definition) is 0. The van der Waals surface area contributed by atoms with Gasteiger partial charge in [-0.2, -0.15) is 5.26 Å². The van der Waals surface area contributed by atoms with E-state index in [9.17, 15) is 9.59 Å². The molecule has 1 amide bonds. The highest BCUT2D eigenvalue weighted by molar-refractivity contribution is 6.52. The summed E-state index contributed by atoms with van der Waals surface area (Å²) in [6.45, 7) is 0.165. The molecule has 2 heterocycles. The Labute approximate surface area is 115 Å². The molecule has 1 aliphatic rings. The van der Waals surface area contributed by atoms with Gasteiger partial charge in [-0.3, -0.25) is 9.59 Å². The van der Waals surface area contributed by atoms with Crippen LogP contribution in [0.4, 0.5) is 5.69 Å². The number of nitrogens with zero attached hydrogens (tertiary/aromatic N) is 3. The lowest BCUT2D eigenvalue weighted by molar-refractivity contribution is -0.114. The van der Waals surface area contributed by atoms with Crippen LogP contribution in [0, 0.1) is 11.3 Å². The maximum Gasteiger partial charge on any atom is 0.299 e. The van der Waals surface area contributed by atoms with Crippen molar-refractivity contribution in [1.82, 2.24) is 4.98 Å². The van der Waals surface area contributed by atoms with E-state index >= 15 is 0 Å². The summed E-state index contributed by atoms with van der Waals surface area (Å²) < 4.78 is 0. The predicted molar refractivity (Wildman–Crippen MR) is 70.9 cm³/mol. The highest BCUT2D eigenvalue weighted by Gasteiger charge is 2.35. The Morgan fingerprint density at radius 3 is 2.75 bits per heavy atom. The predicted octanol–water partition coefficient (Wildman–Crippen LogP) is 1.68. The van der Waals surface area contributed by atoms with Gasteiger partial charge in [0.05, 0.1) is 17.8 Å². The maximum atomic E-state index is 12.0. The first kappa shape index (κ1) is 12.1. The third-order valence-electron chi connectivity index (χ3n) is 3.20. The monoisotopic (exact) mass is 263 g/mol. The first-order valence-corrected chi connectivity index (χ1v) is 6.01. The van der Waals surface area contributed by atoms with Crippen molar-refractivity contribution < 1.29 is 9.59 Å². The van der Waals surface area contributed by atoms with E-state index in [2.05, 4.69) is 4.98 Å². The number of Topliss-reactive ketones (excluding diaryl/α,β-unsaturated/α-hetero) is 1. The van der Waals surface area contributed by atoms with Crippen molar-refractivity contribution in [2.75, 3.05) is 4.90 Å². The lowest BCUT2D eigenvalue weighted by Crippen LogP contribution is -2.29. The number of rotatable bonds is 2. The molecule has 0 saturated heterocycles. The first-order chi connectivity index (χ1) is 9.72. The van der Waals surface area contributed by atoms with Gasteiger partial charge in [-0.05, 0) is 18.2 Å². The summed E-state index contributed by atoms with van der Waals surface area (Å²) in [5.74, 6) is -1.08. The number of para-hydroxylation sites is 1. The van der Waals surface area contributed by atoms with Crippen molar-refractivity contribution in [2.24, 2.45) is 0 Å². The minimum Gasteiger partial charge on any atom is -0.300 e. The lowest BCUT2D eigenvalue weighted by Gasteiger charge is -2.16. The zero-order valence-corrected chi connectivity index (χ0v) is 10.4. The molecule has 0 fully saturated rings. The second-order valence-corrected chi connectivity index (χ2v) is 4.36. The van der Waals surface area contributed by atoms with E-state index in [1.165, 1.54) is 11.1 Å². The Hall–Kier alpha value is -3.00. The Morgan fingerprint density at radius 2 is 1.95 bits per heavy atom. The standard InChI is InChI=1S/C15H9N3O2/c16-8-12-10(4-3-7-17-12)9-18-13-6-2-1-5-11(13)14(19)15(18)20/h1-7H,9H2. The highest BCUT2D eigenvalue weighted by atomic mass is 16.2. The van der Waals surface area contributed by atoms with Crippen molar-refractivity contribution in [2.45, 2.75) is 6.54 Å². The quantitative estimate of drug-likeness (QED) is 0.773. The summed E-state index contributed by atoms with van der Waals surface area (Å²) in [5, 5.41) is 9.02. The minimum absolute atomic E-state index is 0.165. The number of pyridine rings is 1. The van der Waals surface area contributed by atoms with Crippen LogP contribution in [0.15, 0.2) is 42.6 Å². The van der Waals surface area contributed by atoms with Crippen LogP contribution < -0.4 is 4.90 Å². The Balaban J connectivity index is 2.02. The van der Waals surface area contributed by atoms with Gasteiger partial charge in [0.2, 0.25) is 0 Å². The molecule has 1 aromatic carbocycles. The third kappa shape index (κ3) is 1.75. The van der Waals surface area contributed by atoms with Crippen LogP contribution in [0.3, 0.4) is 0 Å². The van der Waals surface area contributed by atoms with E-state index in [0.29, 0.717) is 16.8 Å². The molecule has 0 radical (unpaired) electrons. The summed E-state index contributed by atoms with van der Waals surface area (Å²) in [4.78, 5) is 29.3. The normalized spacial score (nSPS) is 13.2. The fraction of sp³-hybridized carbons (Fsp3) is 0.0667. The maximum absolute atomic E-state index is 12.0.